The first kappa shape index (κ1) is 24.6. The van der Waals surface area contributed by atoms with E-state index in [1.54, 1.807) is 18.2 Å². The van der Waals surface area contributed by atoms with Crippen LogP contribution in [0.5, 0.6) is 0 Å². The van der Waals surface area contributed by atoms with Crippen molar-refractivity contribution in [2.45, 2.75) is 10.9 Å². The van der Waals surface area contributed by atoms with Gasteiger partial charge in [0.15, 0.2) is 0 Å². The van der Waals surface area contributed by atoms with E-state index in [1.165, 1.54) is 49.9 Å². The standard InChI is InChI=1S/C24H19FN6O4S/c1-30(36(34,35)20-8-6-19(7-9-20)31(32)33)14-23(16-3-2-4-18(25)11-16)29-22-10-5-17(12-26)24-21(22)13-27-15-28-24/h2-11,13,15,23,29H,14H2,1H3/t23-/m1/s1. The quantitative estimate of drug-likeness (QED) is 0.279. The summed E-state index contributed by atoms with van der Waals surface area (Å²) < 4.78 is 41.6. The van der Waals surface area contributed by atoms with E-state index in [9.17, 15) is 28.2 Å². The fourth-order valence-corrected chi connectivity index (χ4v) is 4.90. The summed E-state index contributed by atoms with van der Waals surface area (Å²) in [6, 6.07) is 14.9. The number of fused-ring (bicyclic) bond motifs is 1. The number of hydrogen-bond acceptors (Lipinski definition) is 8. The minimum atomic E-state index is -4.03. The molecule has 1 atom stereocenters. The van der Waals surface area contributed by atoms with Gasteiger partial charge in [0.25, 0.3) is 5.69 Å². The monoisotopic (exact) mass is 506 g/mol. The Kier molecular flexibility index (Phi) is 6.86. The summed E-state index contributed by atoms with van der Waals surface area (Å²) in [7, 11) is -2.67. The Morgan fingerprint density at radius 1 is 1.19 bits per heavy atom. The second-order valence-corrected chi connectivity index (χ2v) is 9.89. The molecule has 0 amide bonds. The summed E-state index contributed by atoms with van der Waals surface area (Å²) >= 11 is 0. The highest BCUT2D eigenvalue weighted by Gasteiger charge is 2.26. The van der Waals surface area contributed by atoms with Crippen molar-refractivity contribution in [2.75, 3.05) is 18.9 Å². The van der Waals surface area contributed by atoms with E-state index in [0.29, 0.717) is 27.7 Å². The van der Waals surface area contributed by atoms with E-state index in [-0.39, 0.29) is 17.1 Å². The lowest BCUT2D eigenvalue weighted by molar-refractivity contribution is -0.384. The number of benzene rings is 3. The molecule has 0 saturated carbocycles. The third kappa shape index (κ3) is 4.97. The number of hydrogen-bond donors (Lipinski definition) is 1. The maximum absolute atomic E-state index is 14.1. The van der Waals surface area contributed by atoms with Crippen LogP contribution in [-0.2, 0) is 10.0 Å². The summed E-state index contributed by atoms with van der Waals surface area (Å²) in [4.78, 5) is 18.4. The van der Waals surface area contributed by atoms with Crippen molar-refractivity contribution >= 4 is 32.3 Å². The Morgan fingerprint density at radius 3 is 2.61 bits per heavy atom. The predicted octanol–water partition coefficient (Wildman–Crippen LogP) is 4.02. The Morgan fingerprint density at radius 2 is 1.94 bits per heavy atom. The van der Waals surface area contributed by atoms with E-state index < -0.39 is 26.8 Å². The number of halogens is 1. The first-order chi connectivity index (χ1) is 17.2. The molecule has 182 valence electrons. The number of nitro groups is 1. The minimum Gasteiger partial charge on any atom is -0.376 e. The number of non-ortho nitro benzene ring substituents is 1. The average Bonchev–Trinajstić information content (AvgIpc) is 2.88. The van der Waals surface area contributed by atoms with Gasteiger partial charge in [-0.25, -0.2) is 22.8 Å². The van der Waals surface area contributed by atoms with Crippen LogP contribution >= 0.6 is 0 Å². The molecule has 1 aromatic heterocycles. The van der Waals surface area contributed by atoms with E-state index in [1.807, 2.05) is 0 Å². The third-order valence-electron chi connectivity index (χ3n) is 5.57. The summed E-state index contributed by atoms with van der Waals surface area (Å²) in [5.74, 6) is -0.492. The molecule has 1 heterocycles. The van der Waals surface area contributed by atoms with Gasteiger partial charge in [0.2, 0.25) is 10.0 Å². The summed E-state index contributed by atoms with van der Waals surface area (Å²) in [6.45, 7) is -0.113. The van der Waals surface area contributed by atoms with Gasteiger partial charge in [0.1, 0.15) is 18.2 Å². The number of nitrogens with one attached hydrogen (secondary N) is 1. The highest BCUT2D eigenvalue weighted by molar-refractivity contribution is 7.89. The topological polar surface area (TPSA) is 142 Å². The smallest absolute Gasteiger partial charge is 0.269 e. The summed E-state index contributed by atoms with van der Waals surface area (Å²) in [5, 5.41) is 24.1. The molecule has 0 aliphatic carbocycles. The maximum atomic E-state index is 14.1. The highest BCUT2D eigenvalue weighted by atomic mass is 32.2. The Hall–Kier alpha value is -4.47. The van der Waals surface area contributed by atoms with Crippen LogP contribution < -0.4 is 5.32 Å². The predicted molar refractivity (Wildman–Crippen MR) is 130 cm³/mol. The molecule has 3 aromatic carbocycles. The van der Waals surface area contributed by atoms with Gasteiger partial charge in [-0.05, 0) is 42.0 Å². The van der Waals surface area contributed by atoms with Crippen molar-refractivity contribution in [3.8, 4) is 6.07 Å². The number of nitrogens with zero attached hydrogens (tertiary/aromatic N) is 5. The van der Waals surface area contributed by atoms with Crippen molar-refractivity contribution < 1.29 is 17.7 Å². The molecule has 0 bridgehead atoms. The van der Waals surface area contributed by atoms with Crippen molar-refractivity contribution in [3.05, 3.63) is 100 Å². The number of aromatic nitrogens is 2. The Bertz CT molecular complexity index is 1590. The van der Waals surface area contributed by atoms with Gasteiger partial charge in [0, 0.05) is 43.0 Å². The van der Waals surface area contributed by atoms with Crippen LogP contribution in [0.1, 0.15) is 17.2 Å². The number of nitro benzene ring substituents is 1. The lowest BCUT2D eigenvalue weighted by atomic mass is 10.0. The van der Waals surface area contributed by atoms with Crippen LogP contribution in [0.15, 0.2) is 78.1 Å². The van der Waals surface area contributed by atoms with Crippen LogP contribution in [0, 0.1) is 27.3 Å². The fourth-order valence-electron chi connectivity index (χ4n) is 3.71. The Balaban J connectivity index is 1.70. The van der Waals surface area contributed by atoms with Gasteiger partial charge in [-0.3, -0.25) is 10.1 Å². The van der Waals surface area contributed by atoms with Crippen molar-refractivity contribution in [2.24, 2.45) is 0 Å². The van der Waals surface area contributed by atoms with E-state index in [0.717, 1.165) is 16.4 Å². The molecule has 0 fully saturated rings. The molecule has 36 heavy (non-hydrogen) atoms. The molecule has 0 radical (unpaired) electrons. The van der Waals surface area contributed by atoms with Gasteiger partial charge < -0.3 is 5.32 Å². The van der Waals surface area contributed by atoms with Gasteiger partial charge in [0.05, 0.1) is 26.9 Å². The Labute approximate surface area is 205 Å². The second kappa shape index (κ2) is 10.0. The lowest BCUT2D eigenvalue weighted by Gasteiger charge is -2.26. The van der Waals surface area contributed by atoms with Crippen molar-refractivity contribution in [1.29, 1.82) is 5.26 Å². The SMILES string of the molecule is CN(C[C@@H](Nc1ccc(C#N)c2ncncc12)c1cccc(F)c1)S(=O)(=O)c1ccc([N+](=O)[O-])cc1. The molecule has 0 aliphatic rings. The molecule has 4 aromatic rings. The van der Waals surface area contributed by atoms with E-state index >= 15 is 0 Å². The number of sulfonamides is 1. The number of rotatable bonds is 8. The zero-order valence-electron chi connectivity index (χ0n) is 18.9. The van der Waals surface area contributed by atoms with Gasteiger partial charge >= 0.3 is 0 Å². The van der Waals surface area contributed by atoms with Crippen LogP contribution in [-0.4, -0.2) is 41.2 Å². The first-order valence-electron chi connectivity index (χ1n) is 10.6. The minimum absolute atomic E-state index is 0.113. The lowest BCUT2D eigenvalue weighted by Crippen LogP contribution is -2.33. The molecular formula is C24H19FN6O4S. The molecule has 1 N–H and O–H groups in total. The number of anilines is 1. The second-order valence-electron chi connectivity index (χ2n) is 7.85. The van der Waals surface area contributed by atoms with E-state index in [2.05, 4.69) is 21.4 Å². The fraction of sp³-hybridized carbons (Fsp3) is 0.125. The zero-order chi connectivity index (χ0) is 25.9. The third-order valence-corrected chi connectivity index (χ3v) is 7.41. The van der Waals surface area contributed by atoms with Crippen LogP contribution in [0.4, 0.5) is 15.8 Å². The van der Waals surface area contributed by atoms with Crippen LogP contribution in [0.25, 0.3) is 10.9 Å². The molecule has 10 nitrogen and oxygen atoms in total. The van der Waals surface area contributed by atoms with Crippen LogP contribution in [0.3, 0.4) is 0 Å². The van der Waals surface area contributed by atoms with Gasteiger partial charge in [-0.1, -0.05) is 12.1 Å². The van der Waals surface area contributed by atoms with E-state index in [4.69, 9.17) is 0 Å². The maximum Gasteiger partial charge on any atom is 0.269 e. The summed E-state index contributed by atoms with van der Waals surface area (Å²) in [6.07, 6.45) is 2.85. The zero-order valence-corrected chi connectivity index (χ0v) is 19.7. The molecule has 0 aliphatic heterocycles. The molecule has 4 rings (SSSR count). The normalized spacial score (nSPS) is 12.3. The number of nitriles is 1. The van der Waals surface area contributed by atoms with Crippen molar-refractivity contribution in [1.82, 2.24) is 14.3 Å². The number of likely N-dealkylation sites (N-methyl/N-ethyl adjacent to an activating group) is 1. The van der Waals surface area contributed by atoms with Crippen molar-refractivity contribution in [3.63, 3.8) is 0 Å². The molecule has 12 heteroatoms. The van der Waals surface area contributed by atoms with Crippen LogP contribution in [0.2, 0.25) is 0 Å². The highest BCUT2D eigenvalue weighted by Crippen LogP contribution is 2.29. The first-order valence-corrected chi connectivity index (χ1v) is 12.0. The average molecular weight is 507 g/mol. The van der Waals surface area contributed by atoms with Gasteiger partial charge in [-0.2, -0.15) is 9.57 Å². The summed E-state index contributed by atoms with van der Waals surface area (Å²) in [5.41, 5.74) is 1.54. The largest absolute Gasteiger partial charge is 0.376 e. The molecule has 0 spiro atoms. The molecule has 0 saturated heterocycles. The molecule has 0 unspecified atom stereocenters. The molecular weight excluding hydrogens is 487 g/mol. The van der Waals surface area contributed by atoms with Gasteiger partial charge in [-0.15, -0.1) is 0 Å².